The molecule has 0 bridgehead atoms. The van der Waals surface area contributed by atoms with Crippen LogP contribution in [0.1, 0.15) is 38.1 Å². The fourth-order valence-corrected chi connectivity index (χ4v) is 2.66. The first-order valence-electron chi connectivity index (χ1n) is 6.92. The van der Waals surface area contributed by atoms with Crippen molar-refractivity contribution in [3.8, 4) is 0 Å². The van der Waals surface area contributed by atoms with Gasteiger partial charge in [-0.2, -0.15) is 0 Å². The zero-order valence-corrected chi connectivity index (χ0v) is 12.0. The van der Waals surface area contributed by atoms with Crippen LogP contribution >= 0.6 is 0 Å². The maximum Gasteiger partial charge on any atom is 0.338 e. The van der Waals surface area contributed by atoms with E-state index < -0.39 is 0 Å². The maximum absolute atomic E-state index is 12.1. The monoisotopic (exact) mass is 262 g/mol. The van der Waals surface area contributed by atoms with Crippen molar-refractivity contribution in [2.24, 2.45) is 11.8 Å². The molecule has 1 aliphatic rings. The topological polar surface area (TPSA) is 35.5 Å². The van der Waals surface area contributed by atoms with Gasteiger partial charge in [0, 0.05) is 5.92 Å². The van der Waals surface area contributed by atoms with Crippen molar-refractivity contribution < 1.29 is 14.3 Å². The number of esters is 1. The highest BCUT2D eigenvalue weighted by molar-refractivity contribution is 5.89. The Hall–Kier alpha value is -1.35. The molecule has 19 heavy (non-hydrogen) atoms. The van der Waals surface area contributed by atoms with Gasteiger partial charge in [-0.05, 0) is 31.9 Å². The SMILES string of the molecule is CC1O[C@@H](C)C(OC(=O)c2ccccc2)[C@@H](C)[C@H]1C. The number of carbonyl (C=O) groups excluding carboxylic acids is 1. The Labute approximate surface area is 114 Å². The normalized spacial score (nSPS) is 34.8. The molecule has 1 heterocycles. The summed E-state index contributed by atoms with van der Waals surface area (Å²) in [5.74, 6) is 0.408. The van der Waals surface area contributed by atoms with Gasteiger partial charge in [-0.15, -0.1) is 0 Å². The third kappa shape index (κ3) is 2.98. The lowest BCUT2D eigenvalue weighted by atomic mass is 9.82. The standard InChI is InChI=1S/C16H22O3/c1-10-11(2)15(13(4)18-12(10)3)19-16(17)14-8-6-5-7-9-14/h5-13,15H,1-4H3/t10-,11+,12?,13+,15?/m1/s1. The van der Waals surface area contributed by atoms with Crippen LogP contribution < -0.4 is 0 Å². The summed E-state index contributed by atoms with van der Waals surface area (Å²) in [4.78, 5) is 12.1. The van der Waals surface area contributed by atoms with Crippen LogP contribution in [0.3, 0.4) is 0 Å². The second kappa shape index (κ2) is 5.74. The number of benzene rings is 1. The zero-order valence-electron chi connectivity index (χ0n) is 12.0. The summed E-state index contributed by atoms with van der Waals surface area (Å²) >= 11 is 0. The van der Waals surface area contributed by atoms with E-state index in [9.17, 15) is 4.79 Å². The zero-order chi connectivity index (χ0) is 14.0. The van der Waals surface area contributed by atoms with Crippen molar-refractivity contribution in [3.05, 3.63) is 35.9 Å². The summed E-state index contributed by atoms with van der Waals surface area (Å²) in [5.41, 5.74) is 0.591. The molecule has 0 radical (unpaired) electrons. The molecule has 1 saturated heterocycles. The Morgan fingerprint density at radius 3 is 2.26 bits per heavy atom. The first-order chi connectivity index (χ1) is 9.00. The Morgan fingerprint density at radius 1 is 1.00 bits per heavy atom. The Morgan fingerprint density at radius 2 is 1.63 bits per heavy atom. The number of hydrogen-bond acceptors (Lipinski definition) is 3. The third-order valence-electron chi connectivity index (χ3n) is 4.23. The molecule has 3 heteroatoms. The van der Waals surface area contributed by atoms with E-state index in [1.807, 2.05) is 25.1 Å². The Bertz CT molecular complexity index is 429. The molecule has 1 aromatic rings. The van der Waals surface area contributed by atoms with Crippen molar-refractivity contribution >= 4 is 5.97 Å². The molecule has 0 amide bonds. The molecule has 2 unspecified atom stereocenters. The van der Waals surface area contributed by atoms with Gasteiger partial charge in [0.15, 0.2) is 0 Å². The summed E-state index contributed by atoms with van der Waals surface area (Å²) in [5, 5.41) is 0. The van der Waals surface area contributed by atoms with Crippen LogP contribution in [-0.2, 0) is 9.47 Å². The lowest BCUT2D eigenvalue weighted by Gasteiger charge is -2.42. The van der Waals surface area contributed by atoms with E-state index in [4.69, 9.17) is 9.47 Å². The van der Waals surface area contributed by atoms with Gasteiger partial charge >= 0.3 is 5.97 Å². The highest BCUT2D eigenvalue weighted by Crippen LogP contribution is 2.32. The minimum Gasteiger partial charge on any atom is -0.456 e. The van der Waals surface area contributed by atoms with E-state index in [1.54, 1.807) is 12.1 Å². The molecule has 2 rings (SSSR count). The predicted molar refractivity (Wildman–Crippen MR) is 74.0 cm³/mol. The molecule has 0 spiro atoms. The first kappa shape index (κ1) is 14.1. The van der Waals surface area contributed by atoms with Gasteiger partial charge in [0.1, 0.15) is 6.10 Å². The summed E-state index contributed by atoms with van der Waals surface area (Å²) < 4.78 is 11.5. The molecule has 1 aliphatic heterocycles. The van der Waals surface area contributed by atoms with Crippen LogP contribution in [0.5, 0.6) is 0 Å². The van der Waals surface area contributed by atoms with Crippen LogP contribution in [-0.4, -0.2) is 24.3 Å². The Kier molecular flexibility index (Phi) is 4.25. The van der Waals surface area contributed by atoms with Crippen LogP contribution in [0.2, 0.25) is 0 Å². The van der Waals surface area contributed by atoms with E-state index >= 15 is 0 Å². The average molecular weight is 262 g/mol. The molecular formula is C16H22O3. The number of carbonyl (C=O) groups is 1. The molecule has 3 nitrogen and oxygen atoms in total. The quantitative estimate of drug-likeness (QED) is 0.767. The number of hydrogen-bond donors (Lipinski definition) is 0. The first-order valence-corrected chi connectivity index (χ1v) is 6.92. The van der Waals surface area contributed by atoms with Gasteiger partial charge in [0.25, 0.3) is 0 Å². The highest BCUT2D eigenvalue weighted by Gasteiger charge is 2.39. The van der Waals surface area contributed by atoms with E-state index in [2.05, 4.69) is 20.8 Å². The van der Waals surface area contributed by atoms with Crippen molar-refractivity contribution in [2.45, 2.75) is 46.0 Å². The maximum atomic E-state index is 12.1. The van der Waals surface area contributed by atoms with E-state index in [-0.39, 0.29) is 24.3 Å². The second-order valence-corrected chi connectivity index (χ2v) is 5.50. The minimum absolute atomic E-state index is 0.0612. The van der Waals surface area contributed by atoms with Crippen LogP contribution in [0.15, 0.2) is 30.3 Å². The van der Waals surface area contributed by atoms with Gasteiger partial charge < -0.3 is 9.47 Å². The van der Waals surface area contributed by atoms with Crippen molar-refractivity contribution in [1.29, 1.82) is 0 Å². The number of ether oxygens (including phenoxy) is 2. The predicted octanol–water partition coefficient (Wildman–Crippen LogP) is 3.29. The van der Waals surface area contributed by atoms with Crippen LogP contribution in [0, 0.1) is 11.8 Å². The van der Waals surface area contributed by atoms with Crippen LogP contribution in [0.25, 0.3) is 0 Å². The number of rotatable bonds is 2. The van der Waals surface area contributed by atoms with E-state index in [1.165, 1.54) is 0 Å². The smallest absolute Gasteiger partial charge is 0.338 e. The second-order valence-electron chi connectivity index (χ2n) is 5.50. The van der Waals surface area contributed by atoms with Gasteiger partial charge in [0.2, 0.25) is 0 Å². The van der Waals surface area contributed by atoms with Crippen molar-refractivity contribution in [3.63, 3.8) is 0 Å². The molecule has 0 aliphatic carbocycles. The van der Waals surface area contributed by atoms with Crippen molar-refractivity contribution in [1.82, 2.24) is 0 Å². The van der Waals surface area contributed by atoms with Gasteiger partial charge in [0.05, 0.1) is 17.8 Å². The van der Waals surface area contributed by atoms with Crippen molar-refractivity contribution in [2.75, 3.05) is 0 Å². The molecular weight excluding hydrogens is 240 g/mol. The molecule has 0 saturated carbocycles. The summed E-state index contributed by atoms with van der Waals surface area (Å²) in [6, 6.07) is 9.10. The molecule has 5 atom stereocenters. The van der Waals surface area contributed by atoms with E-state index in [0.717, 1.165) is 0 Å². The summed E-state index contributed by atoms with van der Waals surface area (Å²) in [6.07, 6.45) is -0.0376. The minimum atomic E-state index is -0.269. The fourth-order valence-electron chi connectivity index (χ4n) is 2.66. The Balaban J connectivity index is 2.08. The summed E-state index contributed by atoms with van der Waals surface area (Å²) in [7, 11) is 0. The molecule has 0 aromatic heterocycles. The lowest BCUT2D eigenvalue weighted by molar-refractivity contribution is -0.157. The van der Waals surface area contributed by atoms with E-state index in [0.29, 0.717) is 17.4 Å². The molecule has 1 aromatic carbocycles. The third-order valence-corrected chi connectivity index (χ3v) is 4.23. The largest absolute Gasteiger partial charge is 0.456 e. The van der Waals surface area contributed by atoms with Crippen LogP contribution in [0.4, 0.5) is 0 Å². The van der Waals surface area contributed by atoms with Gasteiger partial charge in [-0.3, -0.25) is 0 Å². The lowest BCUT2D eigenvalue weighted by Crippen LogP contribution is -2.48. The highest BCUT2D eigenvalue weighted by atomic mass is 16.6. The van der Waals surface area contributed by atoms with Gasteiger partial charge in [-0.25, -0.2) is 4.79 Å². The van der Waals surface area contributed by atoms with Gasteiger partial charge in [-0.1, -0.05) is 32.0 Å². The molecule has 104 valence electrons. The average Bonchev–Trinajstić information content (AvgIpc) is 2.42. The fraction of sp³-hybridized carbons (Fsp3) is 0.562. The molecule has 1 fully saturated rings. The molecule has 0 N–H and O–H groups in total. The summed E-state index contributed by atoms with van der Waals surface area (Å²) in [6.45, 7) is 8.32.